The maximum atomic E-state index is 17.2. The summed E-state index contributed by atoms with van der Waals surface area (Å²) >= 11 is 13.1. The molecule has 0 radical (unpaired) electrons. The number of amides is 1. The highest BCUT2D eigenvalue weighted by molar-refractivity contribution is 6.43. The summed E-state index contributed by atoms with van der Waals surface area (Å²) < 4.78 is 27.3. The second-order valence-electron chi connectivity index (χ2n) is 15.6. The Balaban J connectivity index is 1.17. The maximum absolute atomic E-state index is 17.2. The van der Waals surface area contributed by atoms with Gasteiger partial charge in [-0.1, -0.05) is 40.5 Å². The molecule has 5 aromatic rings. The summed E-state index contributed by atoms with van der Waals surface area (Å²) in [7, 11) is 0. The van der Waals surface area contributed by atoms with E-state index < -0.39 is 5.82 Å². The summed E-state index contributed by atoms with van der Waals surface area (Å²) in [6.07, 6.45) is 7.13. The van der Waals surface area contributed by atoms with E-state index in [0.29, 0.717) is 64.7 Å². The Morgan fingerprint density at radius 3 is 2.77 bits per heavy atom. The Bertz CT molecular complexity index is 2340. The minimum atomic E-state index is -0.477. The van der Waals surface area contributed by atoms with Crippen molar-refractivity contribution in [1.82, 2.24) is 34.8 Å². The molecule has 2 aromatic carbocycles. The van der Waals surface area contributed by atoms with Crippen molar-refractivity contribution in [3.8, 4) is 17.2 Å². The van der Waals surface area contributed by atoms with Gasteiger partial charge in [-0.3, -0.25) is 4.79 Å². The van der Waals surface area contributed by atoms with Gasteiger partial charge in [-0.25, -0.2) is 14.1 Å². The van der Waals surface area contributed by atoms with Crippen LogP contribution < -0.4 is 5.32 Å². The van der Waals surface area contributed by atoms with E-state index in [-0.39, 0.29) is 58.9 Å². The van der Waals surface area contributed by atoms with Crippen molar-refractivity contribution in [2.45, 2.75) is 82.0 Å². The first kappa shape index (κ1) is 33.5. The smallest absolute Gasteiger partial charge is 0.226 e. The van der Waals surface area contributed by atoms with Gasteiger partial charge in [0.05, 0.1) is 52.1 Å². The fraction of sp³-hybridized carbons (Fsp3) is 0.475. The number of carbonyl (C=O) groups excluding carboxylic acids is 1. The highest BCUT2D eigenvalue weighted by Gasteiger charge is 2.51. The number of halogens is 3. The Hall–Kier alpha value is -4.08. The minimum Gasteiger partial charge on any atom is -0.381 e. The normalized spacial score (nSPS) is 26.5. The number of ether oxygens (including phenoxy) is 1. The van der Waals surface area contributed by atoms with Crippen molar-refractivity contribution in [3.63, 3.8) is 0 Å². The first-order chi connectivity index (χ1) is 25.8. The molecule has 0 spiro atoms. The highest BCUT2D eigenvalue weighted by atomic mass is 35.5. The zero-order valence-electron chi connectivity index (χ0n) is 29.4. The molecule has 3 unspecified atom stereocenters. The number of hydrogen-bond donors (Lipinski definition) is 1. The predicted octanol–water partition coefficient (Wildman–Crippen LogP) is 7.62. The summed E-state index contributed by atoms with van der Waals surface area (Å²) in [5.74, 6) is 0.430. The molecule has 2 bridgehead atoms. The molecule has 4 saturated heterocycles. The van der Waals surface area contributed by atoms with Crippen LogP contribution in [0.25, 0.3) is 32.9 Å². The van der Waals surface area contributed by atoms with Crippen molar-refractivity contribution in [3.05, 3.63) is 75.0 Å². The van der Waals surface area contributed by atoms with Crippen LogP contribution in [-0.4, -0.2) is 67.7 Å². The predicted molar refractivity (Wildman–Crippen MR) is 199 cm³/mol. The van der Waals surface area contributed by atoms with Gasteiger partial charge in [0.1, 0.15) is 5.52 Å². The monoisotopic (exact) mass is 752 g/mol. The SMILES string of the molecule is Cc1nc2c(F)c(-c3cccc(Cl)c3Cl)c(CCC#N)cc2c2c1cc([C@H]1C[C@H](n3cc(C4CCOC4)nn3)CN1C(=O)C1CC1)n2[C@H]1C2CNC1C2. The number of pyridine rings is 1. The molecular weight excluding hydrogens is 714 g/mol. The van der Waals surface area contributed by atoms with Gasteiger partial charge in [-0.2, -0.15) is 5.26 Å². The molecule has 6 atom stereocenters. The number of rotatable bonds is 8. The lowest BCUT2D eigenvalue weighted by Gasteiger charge is -2.39. The van der Waals surface area contributed by atoms with Crippen LogP contribution in [0.4, 0.5) is 4.39 Å². The van der Waals surface area contributed by atoms with Gasteiger partial charge in [-0.05, 0) is 75.1 Å². The number of aryl methyl sites for hydroxylation is 2. The molecule has 272 valence electrons. The average molecular weight is 754 g/mol. The number of hydrogen-bond acceptors (Lipinski definition) is 7. The van der Waals surface area contributed by atoms with Crippen LogP contribution >= 0.6 is 23.2 Å². The molecule has 1 amide bonds. The number of aromatic nitrogens is 5. The van der Waals surface area contributed by atoms with Crippen molar-refractivity contribution in [2.75, 3.05) is 26.3 Å². The number of fused-ring (bicyclic) bond motifs is 4. The first-order valence-corrected chi connectivity index (χ1v) is 19.6. The number of carbonyl (C=O) groups is 1. The van der Waals surface area contributed by atoms with E-state index >= 15 is 4.39 Å². The van der Waals surface area contributed by atoms with Crippen molar-refractivity contribution in [2.24, 2.45) is 11.8 Å². The van der Waals surface area contributed by atoms with E-state index in [1.54, 1.807) is 18.2 Å². The van der Waals surface area contributed by atoms with Crippen molar-refractivity contribution >= 4 is 50.9 Å². The third-order valence-electron chi connectivity index (χ3n) is 12.5. The molecule has 2 saturated carbocycles. The molecule has 2 aliphatic carbocycles. The van der Waals surface area contributed by atoms with Crippen LogP contribution in [0.3, 0.4) is 0 Å². The number of likely N-dealkylation sites (tertiary alicyclic amines) is 1. The van der Waals surface area contributed by atoms with E-state index in [1.165, 1.54) is 0 Å². The molecule has 1 N–H and O–H groups in total. The molecule has 10 nitrogen and oxygen atoms in total. The van der Waals surface area contributed by atoms with E-state index in [4.69, 9.17) is 32.9 Å². The largest absolute Gasteiger partial charge is 0.381 e. The summed E-state index contributed by atoms with van der Waals surface area (Å²) in [5.41, 5.74) is 5.39. The van der Waals surface area contributed by atoms with Crippen LogP contribution in [0.5, 0.6) is 0 Å². The van der Waals surface area contributed by atoms with Crippen LogP contribution in [0.15, 0.2) is 36.5 Å². The minimum absolute atomic E-state index is 0.0371. The molecule has 7 heterocycles. The lowest BCUT2D eigenvalue weighted by atomic mass is 9.79. The number of nitrogens with one attached hydrogen (secondary N) is 1. The van der Waals surface area contributed by atoms with E-state index in [9.17, 15) is 10.1 Å². The Labute approximate surface area is 316 Å². The Morgan fingerprint density at radius 2 is 2.04 bits per heavy atom. The fourth-order valence-corrected chi connectivity index (χ4v) is 10.0. The van der Waals surface area contributed by atoms with Gasteiger partial charge < -0.3 is 19.5 Å². The van der Waals surface area contributed by atoms with Gasteiger partial charge in [-0.15, -0.1) is 5.10 Å². The van der Waals surface area contributed by atoms with Crippen LogP contribution in [0, 0.1) is 35.9 Å². The Morgan fingerprint density at radius 1 is 1.17 bits per heavy atom. The van der Waals surface area contributed by atoms with E-state index in [2.05, 4.69) is 43.4 Å². The summed E-state index contributed by atoms with van der Waals surface area (Å²) in [6, 6.07) is 11.9. The van der Waals surface area contributed by atoms with Crippen LogP contribution in [-0.2, 0) is 16.0 Å². The van der Waals surface area contributed by atoms with Crippen molar-refractivity contribution < 1.29 is 13.9 Å². The Kier molecular flexibility index (Phi) is 8.06. The second kappa shape index (κ2) is 12.8. The van der Waals surface area contributed by atoms with Gasteiger partial charge in [0.15, 0.2) is 5.82 Å². The van der Waals surface area contributed by atoms with Gasteiger partial charge >= 0.3 is 0 Å². The third kappa shape index (κ3) is 5.31. The lowest BCUT2D eigenvalue weighted by molar-refractivity contribution is -0.133. The third-order valence-corrected chi connectivity index (χ3v) is 13.3. The summed E-state index contributed by atoms with van der Waals surface area (Å²) in [4.78, 5) is 21.2. The molecule has 3 aromatic heterocycles. The zero-order chi connectivity index (χ0) is 36.1. The molecule has 13 heteroatoms. The highest BCUT2D eigenvalue weighted by Crippen LogP contribution is 2.52. The molecule has 6 fully saturated rings. The van der Waals surface area contributed by atoms with Crippen LogP contribution in [0.2, 0.25) is 10.0 Å². The van der Waals surface area contributed by atoms with E-state index in [1.807, 2.05) is 17.7 Å². The molecule has 53 heavy (non-hydrogen) atoms. The van der Waals surface area contributed by atoms with E-state index in [0.717, 1.165) is 61.1 Å². The quantitative estimate of drug-likeness (QED) is 0.174. The van der Waals surface area contributed by atoms with Gasteiger partial charge in [0.2, 0.25) is 5.91 Å². The van der Waals surface area contributed by atoms with Gasteiger partial charge in [0.25, 0.3) is 0 Å². The second-order valence-corrected chi connectivity index (χ2v) is 16.4. The molecule has 6 aliphatic rings. The molecule has 11 rings (SSSR count). The summed E-state index contributed by atoms with van der Waals surface area (Å²) in [6.45, 7) is 4.80. The standard InChI is InChI=1S/C40H39Cl2FN8O2/c1-20-27-15-33(32-14-25(17-49(32)40(52)21-7-8-21)50-18-31(47-48-50)23-9-11-53-19-23)51(38-24-13-30(38)45-16-24)39(27)28-12-22(4-3-10-44)34(36(43)37(28)46-20)26-5-2-6-29(41)35(26)42/h2,5-6,12,15,18,21,23-25,30,32,38,45H,3-4,7-9,11,13-14,16-17,19H2,1H3/t23?,24?,25-,30?,32+,38-/m0/s1. The zero-order valence-corrected chi connectivity index (χ0v) is 30.9. The molecule has 4 aliphatic heterocycles. The number of benzene rings is 2. The van der Waals surface area contributed by atoms with Crippen molar-refractivity contribution in [1.29, 1.82) is 5.26 Å². The fourth-order valence-electron chi connectivity index (χ4n) is 9.62. The number of nitrogens with zero attached hydrogens (tertiary/aromatic N) is 7. The van der Waals surface area contributed by atoms with Gasteiger partial charge in [0, 0.05) is 83.5 Å². The average Bonchev–Trinajstić information content (AvgIpc) is 3.83. The lowest BCUT2D eigenvalue weighted by Crippen LogP contribution is -2.41. The first-order valence-electron chi connectivity index (χ1n) is 18.8. The van der Waals surface area contributed by atoms with Crippen LogP contribution in [0.1, 0.15) is 85.2 Å². The maximum Gasteiger partial charge on any atom is 0.226 e. The molecular formula is C40H39Cl2FN8O2. The summed E-state index contributed by atoms with van der Waals surface area (Å²) in [5, 5.41) is 24.7. The number of nitriles is 1. The topological polar surface area (TPSA) is 114 Å².